The first-order chi connectivity index (χ1) is 22.9. The van der Waals surface area contributed by atoms with E-state index in [4.69, 9.17) is 5.73 Å². The Morgan fingerprint density at radius 1 is 0.918 bits per heavy atom. The molecule has 5 atom stereocenters. The SMILES string of the molecule is CC(C)[C@H](NC(=O)N[C@H](C(=O)N1CC2(C[C@H]1C(=O)NC(CC1CCC1)C(=O)C(N)=O)C(C)(C)C21CCC1)C(C)(C)C)C(=O)c1ccccc1. The number of rotatable bonds is 12. The number of amides is 5. The van der Waals surface area contributed by atoms with Gasteiger partial charge in [0.25, 0.3) is 5.91 Å². The van der Waals surface area contributed by atoms with Crippen LogP contribution in [0.1, 0.15) is 110 Å². The smallest absolute Gasteiger partial charge is 0.316 e. The Balaban J connectivity index is 1.40. The summed E-state index contributed by atoms with van der Waals surface area (Å²) in [7, 11) is 0. The summed E-state index contributed by atoms with van der Waals surface area (Å²) in [6, 6.07) is 4.30. The predicted molar refractivity (Wildman–Crippen MR) is 185 cm³/mol. The van der Waals surface area contributed by atoms with E-state index in [9.17, 15) is 28.8 Å². The lowest BCUT2D eigenvalue weighted by atomic mass is 9.73. The predicted octanol–water partition coefficient (Wildman–Crippen LogP) is 4.13. The minimum absolute atomic E-state index is 0.0201. The van der Waals surface area contributed by atoms with Crippen molar-refractivity contribution in [3.63, 3.8) is 0 Å². The van der Waals surface area contributed by atoms with Gasteiger partial charge in [-0.15, -0.1) is 0 Å². The lowest BCUT2D eigenvalue weighted by molar-refractivity contribution is -0.143. The van der Waals surface area contributed by atoms with E-state index >= 15 is 0 Å². The van der Waals surface area contributed by atoms with Gasteiger partial charge in [-0.3, -0.25) is 24.0 Å². The topological polar surface area (TPSA) is 168 Å². The number of primary amides is 1. The molecule has 0 aromatic heterocycles. The number of fused-ring (bicyclic) bond motifs is 1. The van der Waals surface area contributed by atoms with E-state index in [0.717, 1.165) is 38.5 Å². The van der Waals surface area contributed by atoms with Crippen LogP contribution in [0.25, 0.3) is 0 Å². The summed E-state index contributed by atoms with van der Waals surface area (Å²) in [5, 5.41) is 8.54. The van der Waals surface area contributed by atoms with Crippen molar-refractivity contribution in [1.29, 1.82) is 0 Å². The number of hydrogen-bond donors (Lipinski definition) is 4. The number of carbonyl (C=O) groups excluding carboxylic acids is 6. The molecule has 1 aliphatic heterocycles. The summed E-state index contributed by atoms with van der Waals surface area (Å²) < 4.78 is 0. The van der Waals surface area contributed by atoms with Gasteiger partial charge < -0.3 is 26.6 Å². The summed E-state index contributed by atoms with van der Waals surface area (Å²) >= 11 is 0. The minimum atomic E-state index is -1.09. The number of benzene rings is 1. The van der Waals surface area contributed by atoms with E-state index in [1.165, 1.54) is 0 Å². The normalized spacial score (nSPS) is 25.5. The second-order valence-corrected chi connectivity index (χ2v) is 17.0. The quantitative estimate of drug-likeness (QED) is 0.192. The Bertz CT molecular complexity index is 1490. The fraction of sp³-hybridized carbons (Fsp3) is 0.684. The number of carbonyl (C=O) groups is 6. The Morgan fingerprint density at radius 2 is 1.55 bits per heavy atom. The van der Waals surface area contributed by atoms with Crippen LogP contribution in [0.15, 0.2) is 30.3 Å². The maximum atomic E-state index is 14.7. The van der Waals surface area contributed by atoms with E-state index in [-0.39, 0.29) is 33.9 Å². The van der Waals surface area contributed by atoms with Gasteiger partial charge in [0, 0.05) is 17.5 Å². The molecule has 0 radical (unpaired) electrons. The molecule has 1 saturated heterocycles. The summed E-state index contributed by atoms with van der Waals surface area (Å²) in [6.07, 6.45) is 6.78. The molecule has 4 aliphatic rings. The van der Waals surface area contributed by atoms with E-state index in [0.29, 0.717) is 24.9 Å². The molecule has 5 N–H and O–H groups in total. The highest BCUT2D eigenvalue weighted by Crippen LogP contribution is 2.88. The van der Waals surface area contributed by atoms with Crippen molar-refractivity contribution < 1.29 is 28.8 Å². The summed E-state index contributed by atoms with van der Waals surface area (Å²) in [5.74, 6) is -3.03. The molecule has 11 nitrogen and oxygen atoms in total. The van der Waals surface area contributed by atoms with E-state index < -0.39 is 59.1 Å². The molecule has 2 unspecified atom stereocenters. The Labute approximate surface area is 290 Å². The molecule has 268 valence electrons. The van der Waals surface area contributed by atoms with Crippen LogP contribution >= 0.6 is 0 Å². The number of urea groups is 1. The van der Waals surface area contributed by atoms with Crippen LogP contribution in [-0.2, 0) is 19.2 Å². The van der Waals surface area contributed by atoms with Crippen molar-refractivity contribution in [1.82, 2.24) is 20.9 Å². The summed E-state index contributed by atoms with van der Waals surface area (Å²) in [4.78, 5) is 82.3. The lowest BCUT2D eigenvalue weighted by Crippen LogP contribution is -2.61. The standard InChI is InChI=1S/C38H55N5O6/c1-22(2)27(28(44)24-15-9-8-10-16-24)41-34(49)42-30(35(3,4)5)33(48)43-21-38(36(6,7)37(38)17-12-18-37)20-26(43)32(47)40-25(29(45)31(39)46)19-23-13-11-14-23/h8-10,15-16,22-23,25-27,30H,11-14,17-21H2,1-7H3,(H2,39,46)(H,40,47)(H2,41,42,49)/t25?,26-,27-,30+,38?/m0/s1. The number of nitrogens with two attached hydrogens (primary N) is 1. The first-order valence-corrected chi connectivity index (χ1v) is 18.0. The third-order valence-corrected chi connectivity index (χ3v) is 12.7. The third kappa shape index (κ3) is 6.38. The summed E-state index contributed by atoms with van der Waals surface area (Å²) in [6.45, 7) is 14.0. The average molecular weight is 678 g/mol. The highest BCUT2D eigenvalue weighted by Gasteiger charge is 2.85. The first kappa shape index (κ1) is 36.5. The number of likely N-dealkylation sites (tertiary alicyclic amines) is 1. The minimum Gasteiger partial charge on any atom is -0.363 e. The molecular weight excluding hydrogens is 622 g/mol. The molecule has 4 fully saturated rings. The van der Waals surface area contributed by atoms with Gasteiger partial charge in [0.05, 0.1) is 12.1 Å². The van der Waals surface area contributed by atoms with Gasteiger partial charge in [0.2, 0.25) is 17.6 Å². The second kappa shape index (κ2) is 13.2. The molecule has 3 aliphatic carbocycles. The fourth-order valence-corrected chi connectivity index (χ4v) is 9.24. The Kier molecular flexibility index (Phi) is 9.82. The summed E-state index contributed by atoms with van der Waals surface area (Å²) in [5.41, 5.74) is 4.73. The number of Topliss-reactive ketones (excluding diaryl/α,β-unsaturated/α-hetero) is 2. The average Bonchev–Trinajstić information content (AvgIpc) is 3.21. The van der Waals surface area contributed by atoms with Gasteiger partial charge in [-0.2, -0.15) is 0 Å². The number of ketones is 2. The zero-order valence-electron chi connectivity index (χ0n) is 30.2. The van der Waals surface area contributed by atoms with Crippen molar-refractivity contribution in [2.45, 2.75) is 124 Å². The molecule has 1 aromatic carbocycles. The van der Waals surface area contributed by atoms with Crippen LogP contribution in [0.5, 0.6) is 0 Å². The second-order valence-electron chi connectivity index (χ2n) is 17.0. The van der Waals surface area contributed by atoms with Crippen molar-refractivity contribution in [3.05, 3.63) is 35.9 Å². The third-order valence-electron chi connectivity index (χ3n) is 12.7. The van der Waals surface area contributed by atoms with Crippen molar-refractivity contribution in [2.24, 2.45) is 39.2 Å². The van der Waals surface area contributed by atoms with E-state index in [1.54, 1.807) is 29.2 Å². The van der Waals surface area contributed by atoms with Gasteiger partial charge in [-0.25, -0.2) is 4.79 Å². The molecule has 5 rings (SSSR count). The molecule has 1 aromatic rings. The molecule has 1 heterocycles. The number of nitrogens with zero attached hydrogens (tertiary/aromatic N) is 1. The first-order valence-electron chi connectivity index (χ1n) is 18.0. The van der Waals surface area contributed by atoms with Crippen LogP contribution in [0, 0.1) is 33.5 Å². The maximum absolute atomic E-state index is 14.7. The highest BCUT2D eigenvalue weighted by molar-refractivity contribution is 6.37. The molecule has 49 heavy (non-hydrogen) atoms. The largest absolute Gasteiger partial charge is 0.363 e. The fourth-order valence-electron chi connectivity index (χ4n) is 9.24. The zero-order valence-corrected chi connectivity index (χ0v) is 30.2. The Hall–Kier alpha value is -3.76. The molecule has 0 bridgehead atoms. The van der Waals surface area contributed by atoms with Crippen molar-refractivity contribution in [2.75, 3.05) is 6.54 Å². The van der Waals surface area contributed by atoms with Crippen molar-refractivity contribution >= 4 is 35.3 Å². The van der Waals surface area contributed by atoms with Gasteiger partial charge in [0.15, 0.2) is 5.78 Å². The lowest BCUT2D eigenvalue weighted by Gasteiger charge is -2.36. The van der Waals surface area contributed by atoms with Gasteiger partial charge in [-0.05, 0) is 53.8 Å². The van der Waals surface area contributed by atoms with Crippen LogP contribution < -0.4 is 21.7 Å². The Morgan fingerprint density at radius 3 is 2.02 bits per heavy atom. The molecule has 5 amide bonds. The number of hydrogen-bond acceptors (Lipinski definition) is 6. The molecule has 2 spiro atoms. The highest BCUT2D eigenvalue weighted by atomic mass is 16.2. The van der Waals surface area contributed by atoms with Gasteiger partial charge in [-0.1, -0.05) is 104 Å². The molecule has 3 saturated carbocycles. The van der Waals surface area contributed by atoms with E-state index in [2.05, 4.69) is 29.8 Å². The molecular formula is C38H55N5O6. The van der Waals surface area contributed by atoms with Crippen LogP contribution in [0.3, 0.4) is 0 Å². The number of nitrogens with one attached hydrogen (secondary N) is 3. The zero-order chi connectivity index (χ0) is 36.1. The van der Waals surface area contributed by atoms with Gasteiger partial charge in [0.1, 0.15) is 12.1 Å². The van der Waals surface area contributed by atoms with E-state index in [1.807, 2.05) is 40.7 Å². The maximum Gasteiger partial charge on any atom is 0.316 e. The van der Waals surface area contributed by atoms with Crippen LogP contribution in [0.4, 0.5) is 4.79 Å². The van der Waals surface area contributed by atoms with Crippen LogP contribution in [-0.4, -0.2) is 70.9 Å². The molecule has 11 heteroatoms. The monoisotopic (exact) mass is 677 g/mol. The van der Waals surface area contributed by atoms with Crippen LogP contribution in [0.2, 0.25) is 0 Å². The van der Waals surface area contributed by atoms with Crippen molar-refractivity contribution in [3.8, 4) is 0 Å². The van der Waals surface area contributed by atoms with Gasteiger partial charge >= 0.3 is 6.03 Å².